The van der Waals surface area contributed by atoms with Crippen molar-refractivity contribution < 1.29 is 36.3 Å². The van der Waals surface area contributed by atoms with Crippen molar-refractivity contribution in [2.75, 3.05) is 13.7 Å². The van der Waals surface area contributed by atoms with Crippen LogP contribution in [0.5, 0.6) is 5.75 Å². The van der Waals surface area contributed by atoms with Gasteiger partial charge in [-0.05, 0) is 91.6 Å². The van der Waals surface area contributed by atoms with E-state index in [0.29, 0.717) is 49.2 Å². The van der Waals surface area contributed by atoms with Gasteiger partial charge in [0.25, 0.3) is 10.0 Å². The third-order valence-electron chi connectivity index (χ3n) is 10.2. The number of guanidine groups is 1. The number of ether oxygens (including phenoxy) is 1. The van der Waals surface area contributed by atoms with Gasteiger partial charge in [0.1, 0.15) is 28.9 Å². The number of aliphatic imine (C=N–C) groups is 1. The summed E-state index contributed by atoms with van der Waals surface area (Å²) >= 11 is 7.33. The molecule has 19 heteroatoms. The van der Waals surface area contributed by atoms with Gasteiger partial charge in [0.05, 0.1) is 23.8 Å². The number of carbonyl (C=O) groups excluding carboxylic acids is 2. The van der Waals surface area contributed by atoms with Gasteiger partial charge in [0.15, 0.2) is 0 Å². The second-order valence-electron chi connectivity index (χ2n) is 14.9. The Morgan fingerprint density at radius 2 is 1.46 bits per heavy atom. The second kappa shape index (κ2) is 22.3. The van der Waals surface area contributed by atoms with Crippen molar-refractivity contribution in [2.24, 2.45) is 10.7 Å². The molecule has 0 radical (unpaired) electrons. The van der Waals surface area contributed by atoms with Gasteiger partial charge in [-0.2, -0.15) is 0 Å². The van der Waals surface area contributed by atoms with Crippen LogP contribution >= 0.6 is 22.9 Å². The molecule has 1 unspecified atom stereocenters. The van der Waals surface area contributed by atoms with Crippen molar-refractivity contribution >= 4 is 60.8 Å². The third kappa shape index (κ3) is 14.1. The van der Waals surface area contributed by atoms with Crippen LogP contribution in [0.4, 0.5) is 0 Å². The molecule has 0 aliphatic heterocycles. The highest BCUT2D eigenvalue weighted by Crippen LogP contribution is 2.30. The summed E-state index contributed by atoms with van der Waals surface area (Å²) in [5.74, 6) is -1.58. The number of hydrogen-bond acceptors (Lipinski definition) is 11. The lowest BCUT2D eigenvalue weighted by atomic mass is 10.0. The normalized spacial score (nSPS) is 14.0. The lowest BCUT2D eigenvalue weighted by molar-refractivity contribution is -0.130. The molecule has 5 aromatic rings. The van der Waals surface area contributed by atoms with Crippen molar-refractivity contribution in [2.45, 2.75) is 81.3 Å². The molecule has 2 amide bonds. The summed E-state index contributed by atoms with van der Waals surface area (Å²) in [6.45, 7) is 5.11. The van der Waals surface area contributed by atoms with Crippen LogP contribution in [-0.4, -0.2) is 76.5 Å². The Hall–Kier alpha value is -5.37. The van der Waals surface area contributed by atoms with Gasteiger partial charge in [-0.3, -0.25) is 14.6 Å². The first-order chi connectivity index (χ1) is 30.0. The van der Waals surface area contributed by atoms with E-state index in [-0.39, 0.29) is 48.8 Å². The summed E-state index contributed by atoms with van der Waals surface area (Å²) in [6, 6.07) is 22.3. The smallest absolute Gasteiger partial charge is 0.264 e. The quantitative estimate of drug-likeness (QED) is 0.0335. The van der Waals surface area contributed by atoms with Gasteiger partial charge in [0.2, 0.25) is 27.8 Å². The molecule has 15 nitrogen and oxygen atoms in total. The van der Waals surface area contributed by atoms with E-state index >= 15 is 0 Å². The fraction of sp³-hybridized carbons (Fsp3) is 0.318. The maximum Gasteiger partial charge on any atom is 0.264 e. The number of aliphatic hydroxyl groups excluding tert-OH is 1. The largest absolute Gasteiger partial charge is 0.496 e. The van der Waals surface area contributed by atoms with Gasteiger partial charge < -0.3 is 26.2 Å². The molecule has 4 atom stereocenters. The van der Waals surface area contributed by atoms with Crippen LogP contribution < -0.4 is 30.5 Å². The number of nitrogens with two attached hydrogens (primary N) is 1. The standard InChI is InChI=1S/C44H52ClN7O8S3/c1-28-24-38(60-4)29(2)30(3)40(28)63(58,59)52-44(46)48-21-11-16-35(39(53)43-47-22-23-61-43)49-41(54)36(25-32-17-19-34(45)20-18-32)50-42(55)37(26-31-12-7-5-8-13-31)51-62(56,57)27-33-14-9-6-10-15-33/h5-10,12-15,17-20,22-24,35-37,39,51,53H,11,16,21,25-27H2,1-4H3,(H,49,54)(H,50,55)(H3,46,48,52)/t35-,36-,37+,39?/m0/s1. The van der Waals surface area contributed by atoms with E-state index in [2.05, 4.69) is 30.1 Å². The van der Waals surface area contributed by atoms with Crippen LogP contribution in [-0.2, 0) is 48.2 Å². The topological polar surface area (TPSA) is 231 Å². The van der Waals surface area contributed by atoms with E-state index in [4.69, 9.17) is 22.1 Å². The number of nitrogens with zero attached hydrogens (tertiary/aromatic N) is 2. The summed E-state index contributed by atoms with van der Waals surface area (Å²) in [4.78, 5) is 37.1. The molecule has 0 fully saturated rings. The third-order valence-corrected chi connectivity index (χ3v) is 14.3. The minimum Gasteiger partial charge on any atom is -0.496 e. The van der Waals surface area contributed by atoms with Crippen molar-refractivity contribution in [3.05, 3.63) is 146 Å². The molecule has 1 heterocycles. The molecule has 336 valence electrons. The Morgan fingerprint density at radius 3 is 2.08 bits per heavy atom. The number of amides is 2. The zero-order chi connectivity index (χ0) is 45.7. The Labute approximate surface area is 377 Å². The van der Waals surface area contributed by atoms with Crippen LogP contribution in [0.25, 0.3) is 0 Å². The first-order valence-electron chi connectivity index (χ1n) is 19.9. The Bertz CT molecular complexity index is 2570. The highest BCUT2D eigenvalue weighted by atomic mass is 35.5. The zero-order valence-electron chi connectivity index (χ0n) is 35.2. The number of aliphatic hydroxyl groups is 1. The monoisotopic (exact) mass is 937 g/mol. The van der Waals surface area contributed by atoms with Crippen molar-refractivity contribution in [1.82, 2.24) is 25.1 Å². The van der Waals surface area contributed by atoms with E-state index in [1.165, 1.54) is 24.6 Å². The highest BCUT2D eigenvalue weighted by molar-refractivity contribution is 7.90. The number of methoxy groups -OCH3 is 1. The molecule has 0 bridgehead atoms. The maximum absolute atomic E-state index is 14.3. The molecule has 0 saturated heterocycles. The maximum atomic E-state index is 14.3. The number of hydrogen-bond donors (Lipinski definition) is 6. The zero-order valence-corrected chi connectivity index (χ0v) is 38.5. The number of thiazole rings is 1. The van der Waals surface area contributed by atoms with Gasteiger partial charge in [0, 0.05) is 29.6 Å². The predicted molar refractivity (Wildman–Crippen MR) is 245 cm³/mol. The van der Waals surface area contributed by atoms with E-state index in [1.807, 2.05) is 0 Å². The molecular weight excluding hydrogens is 886 g/mol. The first-order valence-corrected chi connectivity index (χ1v) is 24.3. The van der Waals surface area contributed by atoms with Gasteiger partial charge in [-0.25, -0.2) is 31.3 Å². The van der Waals surface area contributed by atoms with E-state index in [1.54, 1.807) is 117 Å². The Balaban J connectivity index is 1.35. The summed E-state index contributed by atoms with van der Waals surface area (Å²) < 4.78 is 64.0. The summed E-state index contributed by atoms with van der Waals surface area (Å²) in [5, 5.41) is 19.6. The molecule has 0 aliphatic rings. The lowest BCUT2D eigenvalue weighted by Gasteiger charge is -2.27. The average Bonchev–Trinajstić information content (AvgIpc) is 3.79. The second-order valence-corrected chi connectivity index (χ2v) is 19.7. The fourth-order valence-corrected chi connectivity index (χ4v) is 10.6. The molecule has 5 rings (SSSR count). The number of rotatable bonds is 21. The van der Waals surface area contributed by atoms with Gasteiger partial charge in [-0.1, -0.05) is 84.4 Å². The number of sulfonamides is 2. The van der Waals surface area contributed by atoms with Gasteiger partial charge in [-0.15, -0.1) is 11.3 Å². The number of nitrogens with one attached hydrogen (secondary N) is 4. The van der Waals surface area contributed by atoms with E-state index < -0.39 is 56.1 Å². The molecule has 0 saturated carbocycles. The molecule has 7 N–H and O–H groups in total. The molecule has 63 heavy (non-hydrogen) atoms. The van der Waals surface area contributed by atoms with E-state index in [9.17, 15) is 31.5 Å². The van der Waals surface area contributed by atoms with Crippen LogP contribution in [0, 0.1) is 20.8 Å². The summed E-state index contributed by atoms with van der Waals surface area (Å²) in [7, 11) is -6.67. The van der Waals surface area contributed by atoms with E-state index in [0.717, 1.165) is 0 Å². The number of aromatic nitrogens is 1. The Kier molecular flexibility index (Phi) is 17.2. The van der Waals surface area contributed by atoms with Gasteiger partial charge >= 0.3 is 0 Å². The number of benzene rings is 4. The van der Waals surface area contributed by atoms with Crippen LogP contribution in [0.1, 0.15) is 57.3 Å². The fourth-order valence-electron chi connectivity index (χ4n) is 6.95. The van der Waals surface area contributed by atoms with Crippen LogP contribution in [0.15, 0.2) is 112 Å². The average molecular weight is 939 g/mol. The Morgan fingerprint density at radius 1 is 0.857 bits per heavy atom. The molecular formula is C44H52ClN7O8S3. The van der Waals surface area contributed by atoms with Crippen molar-refractivity contribution in [3.63, 3.8) is 0 Å². The SMILES string of the molecule is COc1cc(C)c(S(=O)(=O)NC(N)=NCCC[C@H](NC(=O)[C@H](Cc2ccc(Cl)cc2)NC(=O)[C@@H](Cc2ccccc2)NS(=O)(=O)Cc2ccccc2)C(O)c2nccs2)c(C)c1C. The summed E-state index contributed by atoms with van der Waals surface area (Å²) in [5.41, 5.74) is 9.54. The number of halogens is 1. The molecule has 1 aromatic heterocycles. The van der Waals surface area contributed by atoms with Crippen molar-refractivity contribution in [3.8, 4) is 5.75 Å². The molecule has 0 spiro atoms. The lowest BCUT2D eigenvalue weighted by Crippen LogP contribution is -2.56. The number of aryl methyl sites for hydroxylation is 1. The van der Waals surface area contributed by atoms with Crippen LogP contribution in [0.3, 0.4) is 0 Å². The van der Waals surface area contributed by atoms with Crippen LogP contribution in [0.2, 0.25) is 5.02 Å². The molecule has 0 aliphatic carbocycles. The first kappa shape index (κ1) is 48.7. The van der Waals surface area contributed by atoms with Crippen molar-refractivity contribution in [1.29, 1.82) is 0 Å². The minimum atomic E-state index is -4.12. The highest BCUT2D eigenvalue weighted by Gasteiger charge is 2.32. The summed E-state index contributed by atoms with van der Waals surface area (Å²) in [6.07, 6.45) is 0.565. The number of carbonyl (C=O) groups is 2. The predicted octanol–water partition coefficient (Wildman–Crippen LogP) is 4.78. The minimum absolute atomic E-state index is 0.0138. The molecule has 4 aromatic carbocycles.